The van der Waals surface area contributed by atoms with Crippen LogP contribution < -0.4 is 10.6 Å². The Hall–Kier alpha value is -2.11. The number of benzene rings is 2. The lowest BCUT2D eigenvalue weighted by Crippen LogP contribution is -2.35. The SMILES string of the molecule is O=C(CCc1ccc(Cl)cc1)NCCNC(=O)c1c(F)cccc1Cl. The number of hydrogen-bond acceptors (Lipinski definition) is 2. The van der Waals surface area contributed by atoms with Gasteiger partial charge in [0.05, 0.1) is 10.6 Å². The van der Waals surface area contributed by atoms with Crippen LogP contribution in [0.1, 0.15) is 22.3 Å². The van der Waals surface area contributed by atoms with Gasteiger partial charge in [-0.1, -0.05) is 41.4 Å². The predicted molar refractivity (Wildman–Crippen MR) is 96.5 cm³/mol. The topological polar surface area (TPSA) is 58.2 Å². The Morgan fingerprint density at radius 3 is 2.32 bits per heavy atom. The van der Waals surface area contributed by atoms with E-state index in [0.717, 1.165) is 5.56 Å². The first-order valence-electron chi connectivity index (χ1n) is 7.70. The Morgan fingerprint density at radius 1 is 0.960 bits per heavy atom. The second-order valence-corrected chi connectivity index (χ2v) is 6.17. The van der Waals surface area contributed by atoms with Gasteiger partial charge >= 0.3 is 0 Å². The van der Waals surface area contributed by atoms with Crippen molar-refractivity contribution in [2.24, 2.45) is 0 Å². The number of aryl methyl sites for hydroxylation is 1. The third-order valence-corrected chi connectivity index (χ3v) is 4.04. The molecule has 0 aliphatic carbocycles. The zero-order valence-electron chi connectivity index (χ0n) is 13.3. The van der Waals surface area contributed by atoms with E-state index in [4.69, 9.17) is 23.2 Å². The third kappa shape index (κ3) is 6.03. The van der Waals surface area contributed by atoms with Crippen molar-refractivity contribution in [3.05, 3.63) is 69.5 Å². The Bertz CT molecular complexity index is 731. The number of amides is 2. The van der Waals surface area contributed by atoms with E-state index < -0.39 is 11.7 Å². The number of nitrogens with one attached hydrogen (secondary N) is 2. The van der Waals surface area contributed by atoms with Crippen LogP contribution in [0, 0.1) is 5.82 Å². The molecule has 0 aliphatic heterocycles. The molecule has 2 N–H and O–H groups in total. The first kappa shape index (κ1) is 19.2. The summed E-state index contributed by atoms with van der Waals surface area (Å²) in [4.78, 5) is 23.7. The minimum Gasteiger partial charge on any atom is -0.354 e. The van der Waals surface area contributed by atoms with E-state index in [-0.39, 0.29) is 29.6 Å². The maximum Gasteiger partial charge on any atom is 0.255 e. The molecule has 4 nitrogen and oxygen atoms in total. The van der Waals surface area contributed by atoms with Crippen LogP contribution in [0.2, 0.25) is 10.0 Å². The lowest BCUT2D eigenvalue weighted by atomic mass is 10.1. The molecule has 0 spiro atoms. The number of carbonyl (C=O) groups excluding carboxylic acids is 2. The fourth-order valence-corrected chi connectivity index (χ4v) is 2.55. The van der Waals surface area contributed by atoms with Gasteiger partial charge in [-0.15, -0.1) is 0 Å². The Labute approximate surface area is 155 Å². The van der Waals surface area contributed by atoms with Crippen LogP contribution in [0.4, 0.5) is 4.39 Å². The number of halogens is 3. The average molecular weight is 383 g/mol. The summed E-state index contributed by atoms with van der Waals surface area (Å²) in [7, 11) is 0. The molecule has 0 fully saturated rings. The van der Waals surface area contributed by atoms with Gasteiger partial charge in [0.1, 0.15) is 5.82 Å². The maximum atomic E-state index is 13.6. The summed E-state index contributed by atoms with van der Waals surface area (Å²) >= 11 is 11.6. The number of hydrogen-bond donors (Lipinski definition) is 2. The summed E-state index contributed by atoms with van der Waals surface area (Å²) in [5.74, 6) is -1.43. The van der Waals surface area contributed by atoms with E-state index in [1.807, 2.05) is 12.1 Å². The molecule has 2 amide bonds. The molecule has 0 aliphatic rings. The van der Waals surface area contributed by atoms with Gasteiger partial charge < -0.3 is 10.6 Å². The van der Waals surface area contributed by atoms with E-state index in [9.17, 15) is 14.0 Å². The fraction of sp³-hybridized carbons (Fsp3) is 0.222. The van der Waals surface area contributed by atoms with E-state index >= 15 is 0 Å². The molecule has 0 saturated carbocycles. The highest BCUT2D eigenvalue weighted by molar-refractivity contribution is 6.33. The van der Waals surface area contributed by atoms with Gasteiger partial charge in [0.2, 0.25) is 5.91 Å². The van der Waals surface area contributed by atoms with Crippen molar-refractivity contribution < 1.29 is 14.0 Å². The van der Waals surface area contributed by atoms with Gasteiger partial charge in [-0.3, -0.25) is 9.59 Å². The molecule has 0 aromatic heterocycles. The molecule has 0 unspecified atom stereocenters. The largest absolute Gasteiger partial charge is 0.354 e. The first-order chi connectivity index (χ1) is 12.0. The normalized spacial score (nSPS) is 10.4. The lowest BCUT2D eigenvalue weighted by Gasteiger charge is -2.09. The van der Waals surface area contributed by atoms with Crippen LogP contribution in [0.5, 0.6) is 0 Å². The van der Waals surface area contributed by atoms with Gasteiger partial charge in [0, 0.05) is 24.5 Å². The van der Waals surface area contributed by atoms with Gasteiger partial charge in [-0.2, -0.15) is 0 Å². The monoisotopic (exact) mass is 382 g/mol. The van der Waals surface area contributed by atoms with Crippen LogP contribution in [0.25, 0.3) is 0 Å². The molecular formula is C18H17Cl2FN2O2. The molecule has 2 aromatic rings. The highest BCUT2D eigenvalue weighted by atomic mass is 35.5. The average Bonchev–Trinajstić information content (AvgIpc) is 2.58. The number of rotatable bonds is 7. The van der Waals surface area contributed by atoms with Crippen molar-refractivity contribution in [1.82, 2.24) is 10.6 Å². The minimum atomic E-state index is -0.683. The van der Waals surface area contributed by atoms with Gasteiger partial charge in [-0.25, -0.2) is 4.39 Å². The molecule has 25 heavy (non-hydrogen) atoms. The molecule has 132 valence electrons. The second kappa shape index (κ2) is 9.39. The molecule has 0 saturated heterocycles. The minimum absolute atomic E-state index is 0.0458. The zero-order valence-corrected chi connectivity index (χ0v) is 14.8. The van der Waals surface area contributed by atoms with Crippen LogP contribution in [-0.4, -0.2) is 24.9 Å². The van der Waals surface area contributed by atoms with Gasteiger partial charge in [-0.05, 0) is 36.2 Å². The molecule has 2 aromatic carbocycles. The first-order valence-corrected chi connectivity index (χ1v) is 8.46. The summed E-state index contributed by atoms with van der Waals surface area (Å²) in [6.45, 7) is 0.424. The standard InChI is InChI=1S/C18H17Cl2FN2O2/c19-13-7-4-12(5-8-13)6-9-16(24)22-10-11-23-18(25)17-14(20)2-1-3-15(17)21/h1-5,7-8H,6,9-11H2,(H,22,24)(H,23,25). The van der Waals surface area contributed by atoms with Crippen molar-refractivity contribution >= 4 is 35.0 Å². The van der Waals surface area contributed by atoms with Crippen molar-refractivity contribution in [2.45, 2.75) is 12.8 Å². The van der Waals surface area contributed by atoms with Crippen LogP contribution in [0.15, 0.2) is 42.5 Å². The Morgan fingerprint density at radius 2 is 1.64 bits per heavy atom. The molecule has 0 bridgehead atoms. The summed E-state index contributed by atoms with van der Waals surface area (Å²) < 4.78 is 13.6. The quantitative estimate of drug-likeness (QED) is 0.718. The summed E-state index contributed by atoms with van der Waals surface area (Å²) in [5, 5.41) is 5.91. The van der Waals surface area contributed by atoms with Crippen LogP contribution in [-0.2, 0) is 11.2 Å². The van der Waals surface area contributed by atoms with E-state index in [1.165, 1.54) is 18.2 Å². The summed E-state index contributed by atoms with van der Waals surface area (Å²) in [6.07, 6.45) is 0.926. The van der Waals surface area contributed by atoms with Crippen LogP contribution in [0.3, 0.4) is 0 Å². The summed E-state index contributed by atoms with van der Waals surface area (Å²) in [6, 6.07) is 11.3. The molecular weight excluding hydrogens is 366 g/mol. The Balaban J connectivity index is 1.69. The van der Waals surface area contributed by atoms with E-state index in [1.54, 1.807) is 12.1 Å². The zero-order chi connectivity index (χ0) is 18.2. The van der Waals surface area contributed by atoms with Crippen molar-refractivity contribution in [1.29, 1.82) is 0 Å². The smallest absolute Gasteiger partial charge is 0.255 e. The van der Waals surface area contributed by atoms with Crippen molar-refractivity contribution in [2.75, 3.05) is 13.1 Å². The molecule has 0 radical (unpaired) electrons. The summed E-state index contributed by atoms with van der Waals surface area (Å²) in [5.41, 5.74) is 0.820. The van der Waals surface area contributed by atoms with E-state index in [2.05, 4.69) is 10.6 Å². The Kier molecular flexibility index (Phi) is 7.22. The van der Waals surface area contributed by atoms with Gasteiger partial charge in [0.25, 0.3) is 5.91 Å². The van der Waals surface area contributed by atoms with Crippen LogP contribution >= 0.6 is 23.2 Å². The maximum absolute atomic E-state index is 13.6. The third-order valence-electron chi connectivity index (χ3n) is 3.48. The second-order valence-electron chi connectivity index (χ2n) is 5.33. The fourth-order valence-electron chi connectivity index (χ4n) is 2.18. The lowest BCUT2D eigenvalue weighted by molar-refractivity contribution is -0.121. The number of carbonyl (C=O) groups is 2. The highest BCUT2D eigenvalue weighted by Crippen LogP contribution is 2.18. The van der Waals surface area contributed by atoms with Crippen molar-refractivity contribution in [3.8, 4) is 0 Å². The predicted octanol–water partition coefficient (Wildman–Crippen LogP) is 3.61. The van der Waals surface area contributed by atoms with E-state index in [0.29, 0.717) is 17.9 Å². The molecule has 7 heteroatoms. The molecule has 0 heterocycles. The molecule has 0 atom stereocenters. The highest BCUT2D eigenvalue weighted by Gasteiger charge is 2.15. The van der Waals surface area contributed by atoms with Gasteiger partial charge in [0.15, 0.2) is 0 Å². The van der Waals surface area contributed by atoms with Crippen molar-refractivity contribution in [3.63, 3.8) is 0 Å². The molecule has 2 rings (SSSR count).